The van der Waals surface area contributed by atoms with Crippen LogP contribution < -0.4 is 10.7 Å². The van der Waals surface area contributed by atoms with Crippen LogP contribution in [0.5, 0.6) is 0 Å². The zero-order chi connectivity index (χ0) is 14.8. The summed E-state index contributed by atoms with van der Waals surface area (Å²) in [5.74, 6) is 0. The molecule has 1 aromatic carbocycles. The number of hydrazone groups is 1. The van der Waals surface area contributed by atoms with Gasteiger partial charge in [0.1, 0.15) is 0 Å². The second-order valence-corrected chi connectivity index (χ2v) is 6.56. The minimum absolute atomic E-state index is 0.253. The van der Waals surface area contributed by atoms with Crippen LogP contribution in [0.2, 0.25) is 5.02 Å². The molecule has 0 radical (unpaired) electrons. The van der Waals surface area contributed by atoms with Gasteiger partial charge >= 0.3 is 0 Å². The summed E-state index contributed by atoms with van der Waals surface area (Å²) in [6.07, 6.45) is 1.78. The molecule has 2 heterocycles. The largest absolute Gasteiger partial charge is 0.330 e. The third-order valence-electron chi connectivity index (χ3n) is 3.76. The fraction of sp³-hybridized carbons (Fsp3) is 0.312. The molecule has 21 heavy (non-hydrogen) atoms. The molecule has 5 heteroatoms. The highest BCUT2D eigenvalue weighted by Gasteiger charge is 2.30. The summed E-state index contributed by atoms with van der Waals surface area (Å²) in [6, 6.07) is 10.5. The lowest BCUT2D eigenvalue weighted by Crippen LogP contribution is -2.18. The Hall–Kier alpha value is -1.36. The van der Waals surface area contributed by atoms with E-state index in [1.54, 1.807) is 11.3 Å². The first-order valence-electron chi connectivity index (χ1n) is 7.05. The van der Waals surface area contributed by atoms with Crippen molar-refractivity contribution in [2.24, 2.45) is 10.8 Å². The van der Waals surface area contributed by atoms with Crippen molar-refractivity contribution in [3.05, 3.63) is 51.2 Å². The van der Waals surface area contributed by atoms with Gasteiger partial charge in [-0.2, -0.15) is 5.10 Å². The summed E-state index contributed by atoms with van der Waals surface area (Å²) >= 11 is 8.04. The SMILES string of the molecule is Cc1c(Cl)cccc1N1N=C(CCN)CC1c1cccs1. The molecule has 1 aromatic heterocycles. The van der Waals surface area contributed by atoms with Gasteiger partial charge in [0.2, 0.25) is 0 Å². The summed E-state index contributed by atoms with van der Waals surface area (Å²) in [7, 11) is 0. The molecule has 0 amide bonds. The van der Waals surface area contributed by atoms with Crippen LogP contribution in [0, 0.1) is 6.92 Å². The summed E-state index contributed by atoms with van der Waals surface area (Å²) in [4.78, 5) is 1.32. The van der Waals surface area contributed by atoms with Crippen molar-refractivity contribution in [1.82, 2.24) is 0 Å². The van der Waals surface area contributed by atoms with Crippen molar-refractivity contribution in [2.45, 2.75) is 25.8 Å². The summed E-state index contributed by atoms with van der Waals surface area (Å²) in [5.41, 5.74) is 9.00. The van der Waals surface area contributed by atoms with E-state index in [1.165, 1.54) is 4.88 Å². The Kier molecular flexibility index (Phi) is 4.29. The van der Waals surface area contributed by atoms with E-state index in [2.05, 4.69) is 28.6 Å². The van der Waals surface area contributed by atoms with E-state index in [0.717, 1.165) is 34.8 Å². The Morgan fingerprint density at radius 2 is 2.24 bits per heavy atom. The van der Waals surface area contributed by atoms with Crippen molar-refractivity contribution < 1.29 is 0 Å². The standard InChI is InChI=1S/C16H18ClN3S/c1-11-13(17)4-2-5-14(11)20-15(16-6-3-9-21-16)10-12(19-20)7-8-18/h2-6,9,15H,7-8,10,18H2,1H3. The lowest BCUT2D eigenvalue weighted by atomic mass is 10.1. The van der Waals surface area contributed by atoms with Gasteiger partial charge in [-0.15, -0.1) is 11.3 Å². The summed E-state index contributed by atoms with van der Waals surface area (Å²) in [6.45, 7) is 2.68. The van der Waals surface area contributed by atoms with Gasteiger partial charge in [0.15, 0.2) is 0 Å². The topological polar surface area (TPSA) is 41.6 Å². The molecule has 1 unspecified atom stereocenters. The second kappa shape index (κ2) is 6.18. The highest BCUT2D eigenvalue weighted by Crippen LogP contribution is 2.40. The Bertz CT molecular complexity index is 652. The molecule has 1 aliphatic rings. The third-order valence-corrected chi connectivity index (χ3v) is 5.15. The summed E-state index contributed by atoms with van der Waals surface area (Å²) < 4.78 is 0. The van der Waals surface area contributed by atoms with Gasteiger partial charge in [-0.3, -0.25) is 5.01 Å². The monoisotopic (exact) mass is 319 g/mol. The van der Waals surface area contributed by atoms with E-state index in [0.29, 0.717) is 6.54 Å². The predicted octanol–water partition coefficient (Wildman–Crippen LogP) is 4.37. The molecular formula is C16H18ClN3S. The smallest absolute Gasteiger partial charge is 0.0920 e. The van der Waals surface area contributed by atoms with Gasteiger partial charge in [0, 0.05) is 22.0 Å². The van der Waals surface area contributed by atoms with Crippen LogP contribution in [0.3, 0.4) is 0 Å². The number of anilines is 1. The number of thiophene rings is 1. The van der Waals surface area contributed by atoms with Crippen molar-refractivity contribution in [3.8, 4) is 0 Å². The Morgan fingerprint density at radius 3 is 2.95 bits per heavy atom. The van der Waals surface area contributed by atoms with E-state index >= 15 is 0 Å². The molecular weight excluding hydrogens is 302 g/mol. The van der Waals surface area contributed by atoms with Crippen LogP contribution >= 0.6 is 22.9 Å². The number of benzene rings is 1. The molecule has 110 valence electrons. The maximum atomic E-state index is 6.27. The quantitative estimate of drug-likeness (QED) is 0.909. The van der Waals surface area contributed by atoms with Crippen LogP contribution in [0.4, 0.5) is 5.69 Å². The lowest BCUT2D eigenvalue weighted by molar-refractivity contribution is 0.718. The van der Waals surface area contributed by atoms with Crippen molar-refractivity contribution in [2.75, 3.05) is 11.6 Å². The first-order chi connectivity index (χ1) is 10.2. The maximum absolute atomic E-state index is 6.27. The predicted molar refractivity (Wildman–Crippen MR) is 91.5 cm³/mol. The minimum Gasteiger partial charge on any atom is -0.330 e. The fourth-order valence-electron chi connectivity index (χ4n) is 2.66. The number of halogens is 1. The number of rotatable bonds is 4. The number of hydrogen-bond donors (Lipinski definition) is 1. The van der Waals surface area contributed by atoms with E-state index in [4.69, 9.17) is 22.4 Å². The highest BCUT2D eigenvalue weighted by molar-refractivity contribution is 7.10. The first kappa shape index (κ1) is 14.6. The van der Waals surface area contributed by atoms with E-state index < -0.39 is 0 Å². The van der Waals surface area contributed by atoms with E-state index in [-0.39, 0.29) is 6.04 Å². The average Bonchev–Trinajstić information content (AvgIpc) is 3.11. The molecule has 1 aliphatic heterocycles. The molecule has 0 spiro atoms. The van der Waals surface area contributed by atoms with Crippen LogP contribution in [0.25, 0.3) is 0 Å². The fourth-order valence-corrected chi connectivity index (χ4v) is 3.64. The lowest BCUT2D eigenvalue weighted by Gasteiger charge is -2.24. The molecule has 0 saturated heterocycles. The van der Waals surface area contributed by atoms with E-state index in [1.807, 2.05) is 19.1 Å². The number of nitrogens with two attached hydrogens (primary N) is 1. The molecule has 2 N–H and O–H groups in total. The van der Waals surface area contributed by atoms with Gasteiger partial charge in [-0.05, 0) is 49.0 Å². The Balaban J connectivity index is 2.00. The molecule has 0 bridgehead atoms. The Labute approximate surface area is 134 Å². The molecule has 2 aromatic rings. The normalized spacial score (nSPS) is 18.1. The van der Waals surface area contributed by atoms with Crippen molar-refractivity contribution in [3.63, 3.8) is 0 Å². The van der Waals surface area contributed by atoms with Crippen LogP contribution in [-0.2, 0) is 0 Å². The minimum atomic E-state index is 0.253. The van der Waals surface area contributed by atoms with Gasteiger partial charge in [-0.25, -0.2) is 0 Å². The summed E-state index contributed by atoms with van der Waals surface area (Å²) in [5, 5.41) is 9.80. The van der Waals surface area contributed by atoms with Gasteiger partial charge in [-0.1, -0.05) is 23.7 Å². The Morgan fingerprint density at radius 1 is 1.38 bits per heavy atom. The maximum Gasteiger partial charge on any atom is 0.0920 e. The van der Waals surface area contributed by atoms with E-state index in [9.17, 15) is 0 Å². The second-order valence-electron chi connectivity index (χ2n) is 5.17. The first-order valence-corrected chi connectivity index (χ1v) is 8.30. The van der Waals surface area contributed by atoms with Crippen LogP contribution in [0.1, 0.15) is 29.3 Å². The van der Waals surface area contributed by atoms with Crippen molar-refractivity contribution >= 4 is 34.3 Å². The van der Waals surface area contributed by atoms with Gasteiger partial charge < -0.3 is 5.73 Å². The van der Waals surface area contributed by atoms with Gasteiger partial charge in [0.05, 0.1) is 11.7 Å². The average molecular weight is 320 g/mol. The zero-order valence-corrected chi connectivity index (χ0v) is 13.5. The third kappa shape index (κ3) is 2.84. The molecule has 0 saturated carbocycles. The number of hydrogen-bond acceptors (Lipinski definition) is 4. The molecule has 0 fully saturated rings. The molecule has 3 rings (SSSR count). The van der Waals surface area contributed by atoms with Gasteiger partial charge in [0.25, 0.3) is 0 Å². The number of nitrogens with zero attached hydrogens (tertiary/aromatic N) is 2. The van der Waals surface area contributed by atoms with Crippen LogP contribution in [0.15, 0.2) is 40.8 Å². The highest BCUT2D eigenvalue weighted by atomic mass is 35.5. The zero-order valence-electron chi connectivity index (χ0n) is 11.9. The molecule has 1 atom stereocenters. The molecule has 3 nitrogen and oxygen atoms in total. The van der Waals surface area contributed by atoms with Crippen LogP contribution in [-0.4, -0.2) is 12.3 Å². The molecule has 0 aliphatic carbocycles. The van der Waals surface area contributed by atoms with Crippen molar-refractivity contribution in [1.29, 1.82) is 0 Å².